The smallest absolute Gasteiger partial charge is 0.255 e. The third-order valence-corrected chi connectivity index (χ3v) is 4.12. The van der Waals surface area contributed by atoms with E-state index in [9.17, 15) is 14.0 Å². The van der Waals surface area contributed by atoms with Crippen LogP contribution in [0.15, 0.2) is 66.7 Å². The normalized spacial score (nSPS) is 10.3. The molecule has 6 heteroatoms. The van der Waals surface area contributed by atoms with Crippen LogP contribution in [0, 0.1) is 12.7 Å². The third-order valence-electron chi connectivity index (χ3n) is 4.12. The molecule has 0 heterocycles. The monoisotopic (exact) mass is 392 g/mol. The molecule has 0 spiro atoms. The van der Waals surface area contributed by atoms with Crippen LogP contribution in [-0.2, 0) is 11.4 Å². The van der Waals surface area contributed by atoms with Crippen molar-refractivity contribution in [2.24, 2.45) is 0 Å². The van der Waals surface area contributed by atoms with Crippen LogP contribution in [-0.4, -0.2) is 11.8 Å². The Morgan fingerprint density at radius 2 is 1.76 bits per heavy atom. The van der Waals surface area contributed by atoms with Crippen LogP contribution in [0.25, 0.3) is 0 Å². The number of hydrogen-bond acceptors (Lipinski definition) is 3. The fourth-order valence-corrected chi connectivity index (χ4v) is 2.79. The molecule has 29 heavy (non-hydrogen) atoms. The molecule has 2 N–H and O–H groups in total. The average molecular weight is 392 g/mol. The Bertz CT molecular complexity index is 1050. The second-order valence-electron chi connectivity index (χ2n) is 6.64. The summed E-state index contributed by atoms with van der Waals surface area (Å²) in [7, 11) is 0. The number of carbonyl (C=O) groups excluding carboxylic acids is 2. The maximum atomic E-state index is 13.7. The Hall–Kier alpha value is -3.67. The molecule has 0 aromatic heterocycles. The van der Waals surface area contributed by atoms with Gasteiger partial charge in [-0.2, -0.15) is 0 Å². The van der Waals surface area contributed by atoms with Gasteiger partial charge >= 0.3 is 0 Å². The molecule has 0 saturated carbocycles. The lowest BCUT2D eigenvalue weighted by atomic mass is 10.1. The lowest BCUT2D eigenvalue weighted by Crippen LogP contribution is -2.13. The summed E-state index contributed by atoms with van der Waals surface area (Å²) in [5, 5.41) is 5.08. The molecule has 5 nitrogen and oxygen atoms in total. The van der Waals surface area contributed by atoms with Crippen molar-refractivity contribution < 1.29 is 18.7 Å². The van der Waals surface area contributed by atoms with Gasteiger partial charge in [-0.1, -0.05) is 35.9 Å². The zero-order chi connectivity index (χ0) is 20.8. The first kappa shape index (κ1) is 20.1. The standard InChI is InChI=1S/C23H21FN2O3/c1-15-5-3-6-17(11-15)14-29-20-8-4-7-18(12-20)23(28)26-19-9-10-21(24)22(13-19)25-16(2)27/h3-13H,14H2,1-2H3,(H,25,27)(H,26,28). The number of ether oxygens (including phenoxy) is 1. The molecule has 0 aliphatic heterocycles. The summed E-state index contributed by atoms with van der Waals surface area (Å²) in [4.78, 5) is 23.7. The van der Waals surface area contributed by atoms with Crippen molar-refractivity contribution in [3.63, 3.8) is 0 Å². The number of aryl methyl sites for hydroxylation is 1. The van der Waals surface area contributed by atoms with E-state index in [1.807, 2.05) is 31.2 Å². The Morgan fingerprint density at radius 3 is 2.52 bits per heavy atom. The predicted octanol–water partition coefficient (Wildman–Crippen LogP) is 4.92. The average Bonchev–Trinajstić information content (AvgIpc) is 2.69. The molecule has 0 bridgehead atoms. The quantitative estimate of drug-likeness (QED) is 0.625. The van der Waals surface area contributed by atoms with Gasteiger partial charge in [0, 0.05) is 18.2 Å². The van der Waals surface area contributed by atoms with Gasteiger partial charge in [0.15, 0.2) is 0 Å². The molecule has 0 aliphatic carbocycles. The van der Waals surface area contributed by atoms with E-state index in [0.717, 1.165) is 11.1 Å². The van der Waals surface area contributed by atoms with Crippen molar-refractivity contribution in [3.05, 3.63) is 89.2 Å². The molecule has 0 fully saturated rings. The van der Waals surface area contributed by atoms with Gasteiger partial charge in [-0.15, -0.1) is 0 Å². The minimum atomic E-state index is -0.579. The molecule has 3 aromatic rings. The maximum absolute atomic E-state index is 13.7. The number of hydrogen-bond donors (Lipinski definition) is 2. The summed E-state index contributed by atoms with van der Waals surface area (Å²) in [5.41, 5.74) is 2.96. The number of amides is 2. The number of rotatable bonds is 6. The van der Waals surface area contributed by atoms with Crippen molar-refractivity contribution in [2.75, 3.05) is 10.6 Å². The van der Waals surface area contributed by atoms with Gasteiger partial charge in [0.25, 0.3) is 5.91 Å². The molecule has 0 radical (unpaired) electrons. The molecule has 0 unspecified atom stereocenters. The zero-order valence-electron chi connectivity index (χ0n) is 16.2. The predicted molar refractivity (Wildman–Crippen MR) is 111 cm³/mol. The number of anilines is 2. The van der Waals surface area contributed by atoms with Crippen LogP contribution in [0.4, 0.5) is 15.8 Å². The second-order valence-corrected chi connectivity index (χ2v) is 6.64. The Kier molecular flexibility index (Phi) is 6.24. The van der Waals surface area contributed by atoms with E-state index in [0.29, 0.717) is 23.6 Å². The number of nitrogens with one attached hydrogen (secondary N) is 2. The van der Waals surface area contributed by atoms with Crippen molar-refractivity contribution in [3.8, 4) is 5.75 Å². The fourth-order valence-electron chi connectivity index (χ4n) is 2.79. The van der Waals surface area contributed by atoms with Crippen LogP contribution in [0.5, 0.6) is 5.75 Å². The number of carbonyl (C=O) groups is 2. The van der Waals surface area contributed by atoms with Gasteiger partial charge in [-0.25, -0.2) is 4.39 Å². The highest BCUT2D eigenvalue weighted by molar-refractivity contribution is 6.05. The molecule has 148 valence electrons. The molecule has 3 aromatic carbocycles. The fraction of sp³-hybridized carbons (Fsp3) is 0.130. The Morgan fingerprint density at radius 1 is 0.966 bits per heavy atom. The van der Waals surface area contributed by atoms with Crippen LogP contribution in [0.1, 0.15) is 28.4 Å². The van der Waals surface area contributed by atoms with Gasteiger partial charge in [0.05, 0.1) is 5.69 Å². The van der Waals surface area contributed by atoms with Crippen LogP contribution >= 0.6 is 0 Å². The highest BCUT2D eigenvalue weighted by Crippen LogP contribution is 2.21. The van der Waals surface area contributed by atoms with Crippen molar-refractivity contribution in [2.45, 2.75) is 20.5 Å². The first-order chi connectivity index (χ1) is 13.9. The maximum Gasteiger partial charge on any atom is 0.255 e. The molecule has 2 amide bonds. The minimum absolute atomic E-state index is 0.00513. The van der Waals surface area contributed by atoms with Gasteiger partial charge in [0.2, 0.25) is 5.91 Å². The van der Waals surface area contributed by atoms with E-state index in [1.54, 1.807) is 24.3 Å². The van der Waals surface area contributed by atoms with E-state index in [2.05, 4.69) is 10.6 Å². The summed E-state index contributed by atoms with van der Waals surface area (Å²) in [6.45, 7) is 3.69. The largest absolute Gasteiger partial charge is 0.489 e. The van der Waals surface area contributed by atoms with Crippen LogP contribution in [0.2, 0.25) is 0 Å². The molecule has 0 saturated heterocycles. The van der Waals surface area contributed by atoms with Crippen molar-refractivity contribution >= 4 is 23.2 Å². The molecule has 0 atom stereocenters. The molecule has 3 rings (SSSR count). The van der Waals surface area contributed by atoms with E-state index in [4.69, 9.17) is 4.74 Å². The van der Waals surface area contributed by atoms with E-state index in [1.165, 1.54) is 25.1 Å². The lowest BCUT2D eigenvalue weighted by molar-refractivity contribution is -0.114. The van der Waals surface area contributed by atoms with Gasteiger partial charge in [0.1, 0.15) is 18.2 Å². The minimum Gasteiger partial charge on any atom is -0.489 e. The summed E-state index contributed by atoms with van der Waals surface area (Å²) in [5.74, 6) is -0.779. The highest BCUT2D eigenvalue weighted by atomic mass is 19.1. The first-order valence-electron chi connectivity index (χ1n) is 9.07. The zero-order valence-corrected chi connectivity index (χ0v) is 16.2. The lowest BCUT2D eigenvalue weighted by Gasteiger charge is -2.11. The van der Waals surface area contributed by atoms with Crippen LogP contribution in [0.3, 0.4) is 0 Å². The van der Waals surface area contributed by atoms with E-state index < -0.39 is 11.7 Å². The SMILES string of the molecule is CC(=O)Nc1cc(NC(=O)c2cccc(OCc3cccc(C)c3)c2)ccc1F. The number of benzene rings is 3. The van der Waals surface area contributed by atoms with Crippen molar-refractivity contribution in [1.29, 1.82) is 0 Å². The van der Waals surface area contributed by atoms with E-state index in [-0.39, 0.29) is 11.6 Å². The van der Waals surface area contributed by atoms with Crippen molar-refractivity contribution in [1.82, 2.24) is 0 Å². The Labute approximate surface area is 168 Å². The summed E-state index contributed by atoms with van der Waals surface area (Å²) in [6.07, 6.45) is 0. The van der Waals surface area contributed by atoms with Gasteiger partial charge in [-0.05, 0) is 48.9 Å². The molecular formula is C23H21FN2O3. The molecule has 0 aliphatic rings. The summed E-state index contributed by atoms with van der Waals surface area (Å²) in [6, 6.07) is 18.8. The van der Waals surface area contributed by atoms with Gasteiger partial charge < -0.3 is 15.4 Å². The van der Waals surface area contributed by atoms with Crippen LogP contribution < -0.4 is 15.4 Å². The first-order valence-corrected chi connectivity index (χ1v) is 9.07. The molecular weight excluding hydrogens is 371 g/mol. The summed E-state index contributed by atoms with van der Waals surface area (Å²) < 4.78 is 19.5. The van der Waals surface area contributed by atoms with E-state index >= 15 is 0 Å². The highest BCUT2D eigenvalue weighted by Gasteiger charge is 2.10. The second kappa shape index (κ2) is 9.01. The third kappa shape index (κ3) is 5.65. The topological polar surface area (TPSA) is 67.4 Å². The Balaban J connectivity index is 1.68. The number of halogens is 1. The van der Waals surface area contributed by atoms with Gasteiger partial charge in [-0.3, -0.25) is 9.59 Å². The summed E-state index contributed by atoms with van der Waals surface area (Å²) >= 11 is 0.